The topological polar surface area (TPSA) is 240 Å². The molecular weight excluding hydrogens is 641 g/mol. The lowest BCUT2D eigenvalue weighted by atomic mass is 10.1. The van der Waals surface area contributed by atoms with Gasteiger partial charge in [-0.25, -0.2) is 28.9 Å². The van der Waals surface area contributed by atoms with Crippen molar-refractivity contribution in [1.82, 2.24) is 39.0 Å². The predicted molar refractivity (Wildman–Crippen MR) is 153 cm³/mol. The number of hydrogen-bond donors (Lipinski definition) is 5. The number of rotatable bonds is 13. The van der Waals surface area contributed by atoms with Crippen molar-refractivity contribution in [3.05, 3.63) is 28.8 Å². The molecule has 42 heavy (non-hydrogen) atoms. The number of halogens is 1. The molecule has 1 saturated heterocycles. The van der Waals surface area contributed by atoms with Gasteiger partial charge in [0, 0.05) is 6.54 Å². The summed E-state index contributed by atoms with van der Waals surface area (Å²) in [7, 11) is -0.0989. The summed E-state index contributed by atoms with van der Waals surface area (Å²) in [6.45, 7) is -4.87. The second kappa shape index (κ2) is 12.8. The van der Waals surface area contributed by atoms with Gasteiger partial charge in [0.2, 0.25) is 5.95 Å². The first-order valence-electron chi connectivity index (χ1n) is 11.8. The molecule has 1 fully saturated rings. The fraction of sp³-hybridized carbons (Fsp3) is 0.421. The maximum Gasteiger partial charge on any atom is 0.387 e. The molecule has 0 aromatic carbocycles. The summed E-state index contributed by atoms with van der Waals surface area (Å²) in [5.41, 5.74) is 11.4. The van der Waals surface area contributed by atoms with E-state index in [9.17, 15) is 14.2 Å². The molecule has 226 valence electrons. The molecule has 0 saturated carbocycles. The number of nitrogen functional groups attached to an aromatic ring is 2. The normalized spacial score (nSPS) is 22.4. The predicted octanol–water partition coefficient (Wildman–Crippen LogP) is 0.927. The SMILES string of the molecule is Nc1nc2c(nc(COP(=O)(S)O[C@@H]3[C@H](F)[C@@H](COC=O)O[C@H]3n3cnc4c(N)ncnc43)n2CCOPS)c(=O)[nH]1. The van der Waals surface area contributed by atoms with E-state index >= 15 is 4.39 Å². The van der Waals surface area contributed by atoms with Crippen LogP contribution in [0.5, 0.6) is 0 Å². The van der Waals surface area contributed by atoms with Gasteiger partial charge in [0.25, 0.3) is 12.0 Å². The lowest BCUT2D eigenvalue weighted by molar-refractivity contribution is -0.134. The first-order valence-corrected chi connectivity index (χ1v) is 16.7. The van der Waals surface area contributed by atoms with E-state index in [0.29, 0.717) is 0 Å². The molecule has 4 aromatic rings. The lowest BCUT2D eigenvalue weighted by Gasteiger charge is -2.24. The third kappa shape index (κ3) is 6.23. The molecule has 5 heterocycles. The number of carbonyl (C=O) groups is 1. The van der Waals surface area contributed by atoms with Crippen molar-refractivity contribution < 1.29 is 36.8 Å². The standard InChI is InChI=1S/C19H23FN10O8P2S2/c20-10-8(3-34-7-31)37-18(30-6-25-11-14(21)23-5-24-15(11)30)13(10)38-40(33,42)36-4-9-26-12-16(27-19(22)28-17(12)32)29(9)1-2-35-39-41/h5-8,10,13,18,39,41H,1-4H2,(H,33,42)(H2,21,23,24)(H3,22,27,28,32)/t8-,10-,13-,18-,40?/m1/s1. The summed E-state index contributed by atoms with van der Waals surface area (Å²) in [4.78, 5) is 45.9. The zero-order chi connectivity index (χ0) is 30.0. The average molecular weight is 665 g/mol. The second-order valence-corrected chi connectivity index (χ2v) is 12.5. The highest BCUT2D eigenvalue weighted by Crippen LogP contribution is 2.57. The molecule has 2 unspecified atom stereocenters. The van der Waals surface area contributed by atoms with E-state index in [-0.39, 0.29) is 67.6 Å². The molecule has 0 bridgehead atoms. The van der Waals surface area contributed by atoms with E-state index in [1.54, 1.807) is 0 Å². The second-order valence-electron chi connectivity index (χ2n) is 8.58. The van der Waals surface area contributed by atoms with Crippen LogP contribution in [-0.4, -0.2) is 77.1 Å². The largest absolute Gasteiger partial charge is 0.465 e. The van der Waals surface area contributed by atoms with Crippen LogP contribution >= 0.6 is 39.3 Å². The molecule has 23 heteroatoms. The minimum absolute atomic E-state index is 0.0506. The lowest BCUT2D eigenvalue weighted by Crippen LogP contribution is -2.32. The van der Waals surface area contributed by atoms with Crippen LogP contribution in [0.2, 0.25) is 0 Å². The Balaban J connectivity index is 1.41. The number of aromatic amines is 1. The number of thiol groups is 2. The number of aromatic nitrogens is 8. The third-order valence-corrected chi connectivity index (χ3v) is 8.37. The number of imidazole rings is 2. The van der Waals surface area contributed by atoms with E-state index in [0.717, 1.165) is 0 Å². The van der Waals surface area contributed by atoms with Crippen molar-refractivity contribution in [3.63, 3.8) is 0 Å². The number of alkyl halides is 1. The monoisotopic (exact) mass is 664 g/mol. The Morgan fingerprint density at radius 3 is 2.81 bits per heavy atom. The van der Waals surface area contributed by atoms with Gasteiger partial charge < -0.3 is 30.0 Å². The number of ether oxygens (including phenoxy) is 2. The van der Waals surface area contributed by atoms with E-state index in [4.69, 9.17) is 29.8 Å². The van der Waals surface area contributed by atoms with E-state index in [1.807, 2.05) is 0 Å². The van der Waals surface area contributed by atoms with Gasteiger partial charge in [-0.3, -0.25) is 28.2 Å². The molecule has 6 atom stereocenters. The summed E-state index contributed by atoms with van der Waals surface area (Å²) in [5.74, 6) is 0.0293. The van der Waals surface area contributed by atoms with Crippen molar-refractivity contribution in [2.24, 2.45) is 0 Å². The van der Waals surface area contributed by atoms with Crippen LogP contribution in [0.3, 0.4) is 0 Å². The van der Waals surface area contributed by atoms with Crippen molar-refractivity contribution in [2.45, 2.75) is 37.8 Å². The third-order valence-electron chi connectivity index (χ3n) is 6.05. The number of anilines is 2. The molecule has 0 radical (unpaired) electrons. The van der Waals surface area contributed by atoms with Crippen molar-refractivity contribution in [2.75, 3.05) is 24.7 Å². The van der Waals surface area contributed by atoms with Gasteiger partial charge >= 0.3 is 6.80 Å². The Labute approximate surface area is 246 Å². The molecule has 0 spiro atoms. The summed E-state index contributed by atoms with van der Waals surface area (Å²) < 4.78 is 58.6. The molecule has 4 aromatic heterocycles. The van der Waals surface area contributed by atoms with Crippen LogP contribution in [0, 0.1) is 0 Å². The van der Waals surface area contributed by atoms with E-state index in [2.05, 4.69) is 59.1 Å². The van der Waals surface area contributed by atoms with Crippen LogP contribution in [0.25, 0.3) is 22.3 Å². The zero-order valence-corrected chi connectivity index (χ0v) is 24.8. The van der Waals surface area contributed by atoms with Gasteiger partial charge in [0.15, 0.2) is 35.0 Å². The number of nitrogens with zero attached hydrogens (tertiary/aromatic N) is 7. The summed E-state index contributed by atoms with van der Waals surface area (Å²) in [6, 6.07) is 0. The van der Waals surface area contributed by atoms with Crippen LogP contribution in [0.4, 0.5) is 16.2 Å². The van der Waals surface area contributed by atoms with Gasteiger partial charge in [-0.05, 0) is 0 Å². The van der Waals surface area contributed by atoms with Crippen LogP contribution in [-0.2, 0) is 45.6 Å². The minimum atomic E-state index is -4.38. The first kappa shape index (κ1) is 30.6. The van der Waals surface area contributed by atoms with Crippen LogP contribution in [0.1, 0.15) is 12.1 Å². The Morgan fingerprint density at radius 1 is 1.24 bits per heavy atom. The van der Waals surface area contributed by atoms with E-state index < -0.39 is 50.2 Å². The Bertz CT molecular complexity index is 1710. The number of fused-ring (bicyclic) bond motifs is 2. The highest BCUT2D eigenvalue weighted by Gasteiger charge is 2.50. The maximum absolute atomic E-state index is 15.6. The van der Waals surface area contributed by atoms with Crippen LogP contribution < -0.4 is 17.0 Å². The number of nitrogens with two attached hydrogens (primary N) is 2. The van der Waals surface area contributed by atoms with Crippen molar-refractivity contribution >= 4 is 79.9 Å². The molecule has 0 amide bonds. The minimum Gasteiger partial charge on any atom is -0.465 e. The molecule has 5 rings (SSSR count). The van der Waals surface area contributed by atoms with Gasteiger partial charge in [-0.2, -0.15) is 4.98 Å². The fourth-order valence-corrected chi connectivity index (χ4v) is 6.10. The van der Waals surface area contributed by atoms with Gasteiger partial charge in [-0.1, -0.05) is 12.2 Å². The first-order chi connectivity index (χ1) is 20.1. The molecule has 1 aliphatic heterocycles. The molecule has 0 aliphatic carbocycles. The number of carbonyl (C=O) groups excluding carboxylic acids is 1. The van der Waals surface area contributed by atoms with Crippen molar-refractivity contribution in [3.8, 4) is 0 Å². The Hall–Kier alpha value is -2.90. The Kier molecular flexibility index (Phi) is 9.28. The molecular formula is C19H23FN10O8P2S2. The summed E-state index contributed by atoms with van der Waals surface area (Å²) in [5, 5.41) is 0. The van der Waals surface area contributed by atoms with Gasteiger partial charge in [-0.15, -0.1) is 12.2 Å². The van der Waals surface area contributed by atoms with Crippen LogP contribution in [0.15, 0.2) is 17.4 Å². The highest BCUT2D eigenvalue weighted by atomic mass is 32.7. The van der Waals surface area contributed by atoms with Gasteiger partial charge in [0.1, 0.15) is 43.1 Å². The Morgan fingerprint density at radius 2 is 2.05 bits per heavy atom. The summed E-state index contributed by atoms with van der Waals surface area (Å²) >= 11 is 8.06. The smallest absolute Gasteiger partial charge is 0.387 e. The quantitative estimate of drug-likeness (QED) is 0.0578. The highest BCUT2D eigenvalue weighted by molar-refractivity contribution is 8.44. The maximum atomic E-state index is 15.6. The van der Waals surface area contributed by atoms with E-state index in [1.165, 1.54) is 21.8 Å². The van der Waals surface area contributed by atoms with Gasteiger partial charge in [0.05, 0.1) is 20.9 Å². The number of nitrogens with one attached hydrogen (secondary N) is 1. The zero-order valence-electron chi connectivity index (χ0n) is 21.1. The number of H-pyrrole nitrogens is 1. The summed E-state index contributed by atoms with van der Waals surface area (Å²) in [6.07, 6.45) is -3.74. The van der Waals surface area contributed by atoms with Crippen molar-refractivity contribution in [1.29, 1.82) is 0 Å². The number of hydrogen-bond acceptors (Lipinski definition) is 16. The molecule has 1 aliphatic rings. The fourth-order valence-electron chi connectivity index (χ4n) is 4.28. The molecule has 5 N–H and O–H groups in total. The average Bonchev–Trinajstić information content (AvgIpc) is 3.62. The molecule has 18 nitrogen and oxygen atoms in total.